The summed E-state index contributed by atoms with van der Waals surface area (Å²) in [6.45, 7) is 2.05. The minimum atomic E-state index is 0.0106. The van der Waals surface area contributed by atoms with Gasteiger partial charge in [0.1, 0.15) is 0 Å². The molecule has 2 aromatic rings. The van der Waals surface area contributed by atoms with E-state index < -0.39 is 0 Å². The maximum absolute atomic E-state index is 12.1. The van der Waals surface area contributed by atoms with Gasteiger partial charge in [-0.05, 0) is 60.7 Å². The van der Waals surface area contributed by atoms with Crippen LogP contribution in [0.3, 0.4) is 0 Å². The minimum Gasteiger partial charge on any atom is -0.345 e. The molecular formula is C17H19NOS. The van der Waals surface area contributed by atoms with E-state index in [2.05, 4.69) is 30.4 Å². The Kier molecular flexibility index (Phi) is 3.88. The van der Waals surface area contributed by atoms with Crippen molar-refractivity contribution in [3.63, 3.8) is 0 Å². The average molecular weight is 285 g/mol. The van der Waals surface area contributed by atoms with E-state index in [0.717, 1.165) is 5.56 Å². The Labute approximate surface area is 123 Å². The van der Waals surface area contributed by atoms with Crippen molar-refractivity contribution in [1.82, 2.24) is 5.32 Å². The molecule has 1 aromatic carbocycles. The molecular weight excluding hydrogens is 266 g/mol. The topological polar surface area (TPSA) is 29.1 Å². The maximum atomic E-state index is 12.1. The molecule has 3 rings (SSSR count). The Bertz CT molecular complexity index is 603. The number of hydrogen-bond acceptors (Lipinski definition) is 2. The van der Waals surface area contributed by atoms with E-state index in [1.807, 2.05) is 16.8 Å². The van der Waals surface area contributed by atoms with Crippen molar-refractivity contribution in [2.45, 2.75) is 38.6 Å². The molecule has 1 aliphatic carbocycles. The van der Waals surface area contributed by atoms with Gasteiger partial charge in [-0.1, -0.05) is 18.2 Å². The molecule has 104 valence electrons. The van der Waals surface area contributed by atoms with Crippen molar-refractivity contribution in [3.8, 4) is 0 Å². The highest BCUT2D eigenvalue weighted by Gasteiger charge is 2.14. The second-order valence-electron chi connectivity index (χ2n) is 5.44. The Balaban J connectivity index is 1.74. The summed E-state index contributed by atoms with van der Waals surface area (Å²) in [5.41, 5.74) is 4.90. The normalized spacial score (nSPS) is 15.4. The van der Waals surface area contributed by atoms with E-state index in [-0.39, 0.29) is 11.9 Å². The predicted molar refractivity (Wildman–Crippen MR) is 83.3 cm³/mol. The van der Waals surface area contributed by atoms with Gasteiger partial charge in [-0.15, -0.1) is 0 Å². The van der Waals surface area contributed by atoms with Gasteiger partial charge >= 0.3 is 0 Å². The SMILES string of the molecule is CC(NC(=O)c1ccsc1)c1ccc2c(c1)CCCC2. The van der Waals surface area contributed by atoms with Gasteiger partial charge in [0.25, 0.3) is 5.91 Å². The van der Waals surface area contributed by atoms with E-state index in [1.165, 1.54) is 42.4 Å². The van der Waals surface area contributed by atoms with E-state index in [9.17, 15) is 4.79 Å². The van der Waals surface area contributed by atoms with Crippen LogP contribution in [0.25, 0.3) is 0 Å². The van der Waals surface area contributed by atoms with Gasteiger partial charge in [0.15, 0.2) is 0 Å². The second kappa shape index (κ2) is 5.80. The molecule has 1 heterocycles. The Morgan fingerprint density at radius 1 is 1.20 bits per heavy atom. The van der Waals surface area contributed by atoms with Crippen LogP contribution in [0.5, 0.6) is 0 Å². The minimum absolute atomic E-state index is 0.0106. The Morgan fingerprint density at radius 2 is 2.00 bits per heavy atom. The molecule has 20 heavy (non-hydrogen) atoms. The first-order chi connectivity index (χ1) is 9.74. The summed E-state index contributed by atoms with van der Waals surface area (Å²) in [5, 5.41) is 6.89. The molecule has 0 bridgehead atoms. The molecule has 0 saturated carbocycles. The average Bonchev–Trinajstić information content (AvgIpc) is 3.01. The zero-order valence-corrected chi connectivity index (χ0v) is 12.5. The number of fused-ring (bicyclic) bond motifs is 1. The van der Waals surface area contributed by atoms with Gasteiger partial charge in [0.05, 0.1) is 11.6 Å². The van der Waals surface area contributed by atoms with Gasteiger partial charge < -0.3 is 5.32 Å². The highest BCUT2D eigenvalue weighted by Crippen LogP contribution is 2.25. The van der Waals surface area contributed by atoms with Crippen molar-refractivity contribution in [2.24, 2.45) is 0 Å². The fourth-order valence-electron chi connectivity index (χ4n) is 2.78. The maximum Gasteiger partial charge on any atom is 0.252 e. The third-order valence-corrected chi connectivity index (χ3v) is 4.69. The molecule has 2 nitrogen and oxygen atoms in total. The van der Waals surface area contributed by atoms with Crippen LogP contribution in [0.1, 0.15) is 52.9 Å². The molecule has 1 aromatic heterocycles. The zero-order chi connectivity index (χ0) is 13.9. The van der Waals surface area contributed by atoms with E-state index in [0.29, 0.717) is 0 Å². The lowest BCUT2D eigenvalue weighted by atomic mass is 9.89. The van der Waals surface area contributed by atoms with Crippen LogP contribution >= 0.6 is 11.3 Å². The van der Waals surface area contributed by atoms with Crippen molar-refractivity contribution < 1.29 is 4.79 Å². The highest BCUT2D eigenvalue weighted by atomic mass is 32.1. The van der Waals surface area contributed by atoms with Crippen molar-refractivity contribution in [3.05, 3.63) is 57.3 Å². The molecule has 1 unspecified atom stereocenters. The summed E-state index contributed by atoms with van der Waals surface area (Å²) in [5.74, 6) is 0.0106. The zero-order valence-electron chi connectivity index (χ0n) is 11.7. The van der Waals surface area contributed by atoms with Crippen LogP contribution in [0.4, 0.5) is 0 Å². The molecule has 1 N–H and O–H groups in total. The summed E-state index contributed by atoms with van der Waals surface area (Å²) in [7, 11) is 0. The summed E-state index contributed by atoms with van der Waals surface area (Å²) in [6, 6.07) is 8.57. The van der Waals surface area contributed by atoms with E-state index in [1.54, 1.807) is 11.3 Å². The van der Waals surface area contributed by atoms with Crippen molar-refractivity contribution in [1.29, 1.82) is 0 Å². The molecule has 0 aliphatic heterocycles. The number of nitrogens with one attached hydrogen (secondary N) is 1. The van der Waals surface area contributed by atoms with Gasteiger partial charge in [0, 0.05) is 5.38 Å². The van der Waals surface area contributed by atoms with Crippen LogP contribution in [0, 0.1) is 0 Å². The van der Waals surface area contributed by atoms with Gasteiger partial charge in [0.2, 0.25) is 0 Å². The van der Waals surface area contributed by atoms with Crippen molar-refractivity contribution >= 4 is 17.2 Å². The number of carbonyl (C=O) groups excluding carboxylic acids is 1. The number of thiophene rings is 1. The lowest BCUT2D eigenvalue weighted by Gasteiger charge is -2.20. The lowest BCUT2D eigenvalue weighted by Crippen LogP contribution is -2.26. The fraction of sp³-hybridized carbons (Fsp3) is 0.353. The van der Waals surface area contributed by atoms with Crippen molar-refractivity contribution in [2.75, 3.05) is 0 Å². The Hall–Kier alpha value is -1.61. The van der Waals surface area contributed by atoms with E-state index >= 15 is 0 Å². The van der Waals surface area contributed by atoms with Gasteiger partial charge in [-0.25, -0.2) is 0 Å². The molecule has 1 aliphatic rings. The van der Waals surface area contributed by atoms with E-state index in [4.69, 9.17) is 0 Å². The smallest absolute Gasteiger partial charge is 0.252 e. The second-order valence-corrected chi connectivity index (χ2v) is 6.22. The van der Waals surface area contributed by atoms with Gasteiger partial charge in [-0.2, -0.15) is 11.3 Å². The number of aryl methyl sites for hydroxylation is 2. The fourth-order valence-corrected chi connectivity index (χ4v) is 3.42. The van der Waals surface area contributed by atoms with Gasteiger partial charge in [-0.3, -0.25) is 4.79 Å². The predicted octanol–water partition coefficient (Wildman–Crippen LogP) is 4.12. The number of amides is 1. The third-order valence-electron chi connectivity index (χ3n) is 4.00. The monoisotopic (exact) mass is 285 g/mol. The molecule has 1 atom stereocenters. The molecule has 0 spiro atoms. The number of benzene rings is 1. The summed E-state index contributed by atoms with van der Waals surface area (Å²) in [6.07, 6.45) is 4.96. The van der Waals surface area contributed by atoms with Crippen LogP contribution < -0.4 is 5.32 Å². The van der Waals surface area contributed by atoms with Crippen LogP contribution in [-0.4, -0.2) is 5.91 Å². The molecule has 3 heteroatoms. The molecule has 1 amide bonds. The third kappa shape index (κ3) is 2.78. The first kappa shape index (κ1) is 13.4. The first-order valence-corrected chi connectivity index (χ1v) is 8.13. The number of carbonyl (C=O) groups is 1. The highest BCUT2D eigenvalue weighted by molar-refractivity contribution is 7.08. The number of rotatable bonds is 3. The number of hydrogen-bond donors (Lipinski definition) is 1. The first-order valence-electron chi connectivity index (χ1n) is 7.19. The molecule has 0 saturated heterocycles. The summed E-state index contributed by atoms with van der Waals surface area (Å²) < 4.78 is 0. The van der Waals surface area contributed by atoms with Crippen LogP contribution in [0.2, 0.25) is 0 Å². The summed E-state index contributed by atoms with van der Waals surface area (Å²) >= 11 is 1.55. The largest absolute Gasteiger partial charge is 0.345 e. The lowest BCUT2D eigenvalue weighted by molar-refractivity contribution is 0.0940. The quantitative estimate of drug-likeness (QED) is 0.903. The molecule has 0 radical (unpaired) electrons. The summed E-state index contributed by atoms with van der Waals surface area (Å²) in [4.78, 5) is 12.1. The van der Waals surface area contributed by atoms with Crippen LogP contribution in [-0.2, 0) is 12.8 Å². The molecule has 0 fully saturated rings. The van der Waals surface area contributed by atoms with Crippen LogP contribution in [0.15, 0.2) is 35.0 Å². The standard InChI is InChI=1S/C17H19NOS/c1-12(18-17(19)16-8-9-20-11-16)14-7-6-13-4-2-3-5-15(13)10-14/h6-12H,2-5H2,1H3,(H,18,19). The Morgan fingerprint density at radius 3 is 2.75 bits per heavy atom.